The maximum absolute atomic E-state index is 2.52. The highest BCUT2D eigenvalue weighted by Gasteiger charge is 2.26. The van der Waals surface area contributed by atoms with Gasteiger partial charge in [-0.25, -0.2) is 0 Å². The molecule has 2 aliphatic carbocycles. The maximum atomic E-state index is 2.52. The van der Waals surface area contributed by atoms with Gasteiger partial charge in [-0.2, -0.15) is 0 Å². The molecule has 0 saturated heterocycles. The van der Waals surface area contributed by atoms with Crippen molar-refractivity contribution in [2.24, 2.45) is 11.8 Å². The molecule has 0 N–H and O–H groups in total. The maximum Gasteiger partial charge on any atom is -0.0177 e. The van der Waals surface area contributed by atoms with E-state index in [0.717, 1.165) is 11.8 Å². The first-order valence-electron chi connectivity index (χ1n) is 5.07. The van der Waals surface area contributed by atoms with Gasteiger partial charge < -0.3 is 0 Å². The Morgan fingerprint density at radius 2 is 2.18 bits per heavy atom. The second-order valence-electron chi connectivity index (χ2n) is 4.19. The average Bonchev–Trinajstić information content (AvgIpc) is 2.06. The Bertz CT molecular complexity index is 167. The molecular formula is C11H18. The van der Waals surface area contributed by atoms with Crippen molar-refractivity contribution in [3.8, 4) is 0 Å². The quantitative estimate of drug-likeness (QED) is 0.463. The lowest BCUT2D eigenvalue weighted by atomic mass is 9.72. The molecular weight excluding hydrogens is 132 g/mol. The van der Waals surface area contributed by atoms with Gasteiger partial charge in [-0.3, -0.25) is 0 Å². The highest BCUT2D eigenvalue weighted by Crippen LogP contribution is 2.39. The van der Waals surface area contributed by atoms with Crippen molar-refractivity contribution in [1.82, 2.24) is 0 Å². The van der Waals surface area contributed by atoms with Crippen molar-refractivity contribution in [3.05, 3.63) is 11.6 Å². The van der Waals surface area contributed by atoms with Crippen molar-refractivity contribution in [3.63, 3.8) is 0 Å². The Morgan fingerprint density at radius 3 is 3.00 bits per heavy atom. The first-order valence-corrected chi connectivity index (χ1v) is 5.07. The van der Waals surface area contributed by atoms with Gasteiger partial charge in [0.1, 0.15) is 0 Å². The molecule has 0 aromatic rings. The van der Waals surface area contributed by atoms with E-state index in [1.807, 2.05) is 0 Å². The zero-order valence-corrected chi connectivity index (χ0v) is 7.47. The molecule has 62 valence electrons. The van der Waals surface area contributed by atoms with Crippen molar-refractivity contribution < 1.29 is 0 Å². The average molecular weight is 150 g/mol. The zero-order chi connectivity index (χ0) is 7.68. The zero-order valence-electron chi connectivity index (χ0n) is 7.47. The molecule has 0 nitrogen and oxygen atoms in total. The second kappa shape index (κ2) is 3.00. The van der Waals surface area contributed by atoms with Gasteiger partial charge in [0.25, 0.3) is 0 Å². The van der Waals surface area contributed by atoms with E-state index in [1.54, 1.807) is 5.57 Å². The Hall–Kier alpha value is -0.260. The summed E-state index contributed by atoms with van der Waals surface area (Å²) in [6.45, 7) is 2.43. The topological polar surface area (TPSA) is 0 Å². The summed E-state index contributed by atoms with van der Waals surface area (Å²) in [5.74, 6) is 1.97. The summed E-state index contributed by atoms with van der Waals surface area (Å²) in [6.07, 6.45) is 11.1. The van der Waals surface area contributed by atoms with Crippen LogP contribution >= 0.6 is 0 Å². The van der Waals surface area contributed by atoms with Crippen LogP contribution in [0, 0.1) is 11.8 Å². The number of hydrogen-bond acceptors (Lipinski definition) is 0. The van der Waals surface area contributed by atoms with Crippen LogP contribution in [0.15, 0.2) is 11.6 Å². The highest BCUT2D eigenvalue weighted by atomic mass is 14.3. The van der Waals surface area contributed by atoms with Crippen LogP contribution in [0.5, 0.6) is 0 Å². The minimum absolute atomic E-state index is 0.982. The Kier molecular flexibility index (Phi) is 2.02. The fourth-order valence-electron chi connectivity index (χ4n) is 2.73. The van der Waals surface area contributed by atoms with Gasteiger partial charge in [-0.1, -0.05) is 18.6 Å². The van der Waals surface area contributed by atoms with Crippen LogP contribution in [0.25, 0.3) is 0 Å². The van der Waals surface area contributed by atoms with E-state index >= 15 is 0 Å². The lowest BCUT2D eigenvalue weighted by Crippen LogP contribution is -2.21. The highest BCUT2D eigenvalue weighted by molar-refractivity contribution is 5.13. The number of allylic oxidation sites excluding steroid dienone is 2. The third-order valence-corrected chi connectivity index (χ3v) is 3.41. The molecule has 2 rings (SSSR count). The minimum atomic E-state index is 0.982. The summed E-state index contributed by atoms with van der Waals surface area (Å²) in [6, 6.07) is 0. The molecule has 0 amide bonds. The monoisotopic (exact) mass is 150 g/mol. The van der Waals surface area contributed by atoms with E-state index in [-0.39, 0.29) is 0 Å². The summed E-state index contributed by atoms with van der Waals surface area (Å²) in [5, 5.41) is 0. The predicted octanol–water partition coefficient (Wildman–Crippen LogP) is 3.53. The summed E-state index contributed by atoms with van der Waals surface area (Å²) in [4.78, 5) is 0. The molecule has 2 aliphatic rings. The second-order valence-corrected chi connectivity index (χ2v) is 4.19. The van der Waals surface area contributed by atoms with Gasteiger partial charge >= 0.3 is 0 Å². The van der Waals surface area contributed by atoms with Gasteiger partial charge in [0.15, 0.2) is 0 Å². The minimum Gasteiger partial charge on any atom is -0.0850 e. The van der Waals surface area contributed by atoms with Crippen LogP contribution in [0.4, 0.5) is 0 Å². The van der Waals surface area contributed by atoms with Gasteiger partial charge in [-0.15, -0.1) is 0 Å². The summed E-state index contributed by atoms with van der Waals surface area (Å²) in [5.41, 5.74) is 1.80. The van der Waals surface area contributed by atoms with Crippen molar-refractivity contribution >= 4 is 0 Å². The molecule has 0 bridgehead atoms. The van der Waals surface area contributed by atoms with Gasteiger partial charge in [0, 0.05) is 0 Å². The summed E-state index contributed by atoms with van der Waals surface area (Å²) in [7, 11) is 0. The molecule has 0 aromatic carbocycles. The van der Waals surface area contributed by atoms with E-state index in [2.05, 4.69) is 13.0 Å². The van der Waals surface area contributed by atoms with Crippen LogP contribution in [0.3, 0.4) is 0 Å². The van der Waals surface area contributed by atoms with Crippen LogP contribution in [0.2, 0.25) is 0 Å². The predicted molar refractivity (Wildman–Crippen MR) is 48.4 cm³/mol. The molecule has 0 heteroatoms. The van der Waals surface area contributed by atoms with E-state index in [9.17, 15) is 0 Å². The molecule has 0 spiro atoms. The lowest BCUT2D eigenvalue weighted by Gasteiger charge is -2.34. The van der Waals surface area contributed by atoms with Crippen molar-refractivity contribution in [1.29, 1.82) is 0 Å². The van der Waals surface area contributed by atoms with E-state index in [0.29, 0.717) is 0 Å². The van der Waals surface area contributed by atoms with E-state index in [4.69, 9.17) is 0 Å². The Morgan fingerprint density at radius 1 is 1.27 bits per heavy atom. The number of hydrogen-bond donors (Lipinski definition) is 0. The Balaban J connectivity index is 2.13. The molecule has 11 heavy (non-hydrogen) atoms. The molecule has 2 atom stereocenters. The lowest BCUT2D eigenvalue weighted by molar-refractivity contribution is 0.295. The molecule has 0 radical (unpaired) electrons. The van der Waals surface area contributed by atoms with Crippen LogP contribution in [-0.4, -0.2) is 0 Å². The van der Waals surface area contributed by atoms with E-state index in [1.165, 1.54) is 38.5 Å². The van der Waals surface area contributed by atoms with Gasteiger partial charge in [-0.05, 0) is 50.4 Å². The van der Waals surface area contributed by atoms with Crippen molar-refractivity contribution in [2.45, 2.75) is 45.4 Å². The first kappa shape index (κ1) is 7.39. The summed E-state index contributed by atoms with van der Waals surface area (Å²) >= 11 is 0. The van der Waals surface area contributed by atoms with Gasteiger partial charge in [0.2, 0.25) is 0 Å². The van der Waals surface area contributed by atoms with E-state index < -0.39 is 0 Å². The standard InChI is InChI=1S/C11H18/c1-9-5-4-7-10-6-2-3-8-11(9)10/h6,9,11H,2-5,7-8H2,1H3. The SMILES string of the molecule is CC1CCCC2=CCCCC21. The Labute approximate surface area is 69.7 Å². The summed E-state index contributed by atoms with van der Waals surface area (Å²) < 4.78 is 0. The third kappa shape index (κ3) is 1.36. The molecule has 0 aromatic heterocycles. The van der Waals surface area contributed by atoms with Crippen molar-refractivity contribution in [2.75, 3.05) is 0 Å². The smallest absolute Gasteiger partial charge is 0.0177 e. The molecule has 2 unspecified atom stereocenters. The van der Waals surface area contributed by atoms with Crippen LogP contribution < -0.4 is 0 Å². The molecule has 1 saturated carbocycles. The van der Waals surface area contributed by atoms with Crippen LogP contribution in [0.1, 0.15) is 45.4 Å². The molecule has 0 aliphatic heterocycles. The normalized spacial score (nSPS) is 37.7. The van der Waals surface area contributed by atoms with Crippen LogP contribution in [-0.2, 0) is 0 Å². The first-order chi connectivity index (χ1) is 5.38. The fourth-order valence-corrected chi connectivity index (χ4v) is 2.73. The van der Waals surface area contributed by atoms with Gasteiger partial charge in [0.05, 0.1) is 0 Å². The molecule has 1 fully saturated rings. The fraction of sp³-hybridized carbons (Fsp3) is 0.818. The number of fused-ring (bicyclic) bond motifs is 1. The largest absolute Gasteiger partial charge is 0.0850 e. The number of rotatable bonds is 0. The third-order valence-electron chi connectivity index (χ3n) is 3.41. The molecule has 0 heterocycles.